The third-order valence-corrected chi connectivity index (χ3v) is 8.83. The number of hydrogen-bond acceptors (Lipinski definition) is 5. The predicted octanol–water partition coefficient (Wildman–Crippen LogP) is 4.63. The Labute approximate surface area is 179 Å². The molecule has 5 nitrogen and oxygen atoms in total. The molecule has 166 valence electrons. The lowest BCUT2D eigenvalue weighted by molar-refractivity contribution is -0.164. The van der Waals surface area contributed by atoms with Gasteiger partial charge in [-0.3, -0.25) is 14.4 Å². The molecule has 4 aliphatic rings. The van der Waals surface area contributed by atoms with Crippen molar-refractivity contribution in [2.45, 2.75) is 91.8 Å². The molecule has 0 heterocycles. The van der Waals surface area contributed by atoms with Crippen LogP contribution < -0.4 is 0 Å². The molecular weight excluding hydrogens is 380 g/mol. The van der Waals surface area contributed by atoms with Crippen LogP contribution >= 0.6 is 0 Å². The molecule has 3 fully saturated rings. The summed E-state index contributed by atoms with van der Waals surface area (Å²) in [6.45, 7) is 9.68. The first-order chi connectivity index (χ1) is 14.1. The largest absolute Gasteiger partial charge is 0.462 e. The van der Waals surface area contributed by atoms with Crippen LogP contribution in [-0.2, 0) is 23.9 Å². The number of fused-ring (bicyclic) bond motifs is 5. The average molecular weight is 417 g/mol. The molecule has 0 saturated heterocycles. The normalized spacial score (nSPS) is 42.7. The van der Waals surface area contributed by atoms with Gasteiger partial charge in [-0.15, -0.1) is 0 Å². The summed E-state index contributed by atoms with van der Waals surface area (Å²) in [7, 11) is 0. The molecule has 0 spiro atoms. The van der Waals surface area contributed by atoms with Gasteiger partial charge in [0.1, 0.15) is 18.0 Å². The SMILES string of the molecule is CC(=O)O[C@H]1CC[C@@]2(C)C(=C[C@@H](OC(=O)C(C)C)C3C2CC[C@]2(C)C(=O)CCC32)C1. The second kappa shape index (κ2) is 7.49. The van der Waals surface area contributed by atoms with Crippen LogP contribution in [0.3, 0.4) is 0 Å². The van der Waals surface area contributed by atoms with Crippen molar-refractivity contribution in [1.29, 1.82) is 0 Å². The maximum absolute atomic E-state index is 12.8. The lowest BCUT2D eigenvalue weighted by Crippen LogP contribution is -2.55. The van der Waals surface area contributed by atoms with E-state index in [0.717, 1.165) is 38.5 Å². The molecule has 3 saturated carbocycles. The lowest BCUT2D eigenvalue weighted by Gasteiger charge is -2.58. The van der Waals surface area contributed by atoms with E-state index in [1.807, 2.05) is 13.8 Å². The highest BCUT2D eigenvalue weighted by atomic mass is 16.5. The zero-order valence-electron chi connectivity index (χ0n) is 19.0. The first-order valence-electron chi connectivity index (χ1n) is 11.7. The van der Waals surface area contributed by atoms with Crippen molar-refractivity contribution >= 4 is 17.7 Å². The van der Waals surface area contributed by atoms with Gasteiger partial charge >= 0.3 is 11.9 Å². The first-order valence-corrected chi connectivity index (χ1v) is 11.7. The summed E-state index contributed by atoms with van der Waals surface area (Å²) >= 11 is 0. The van der Waals surface area contributed by atoms with E-state index >= 15 is 0 Å². The monoisotopic (exact) mass is 416 g/mol. The minimum Gasteiger partial charge on any atom is -0.462 e. The number of ether oxygens (including phenoxy) is 2. The van der Waals surface area contributed by atoms with Crippen LogP contribution in [0.2, 0.25) is 0 Å². The smallest absolute Gasteiger partial charge is 0.308 e. The third-order valence-electron chi connectivity index (χ3n) is 8.83. The van der Waals surface area contributed by atoms with Gasteiger partial charge in [-0.1, -0.05) is 33.3 Å². The van der Waals surface area contributed by atoms with E-state index in [9.17, 15) is 14.4 Å². The van der Waals surface area contributed by atoms with Crippen molar-refractivity contribution in [1.82, 2.24) is 0 Å². The molecule has 0 radical (unpaired) electrons. The second-order valence-corrected chi connectivity index (χ2v) is 10.8. The summed E-state index contributed by atoms with van der Waals surface area (Å²) in [5, 5.41) is 0. The Morgan fingerprint density at radius 2 is 1.70 bits per heavy atom. The molecule has 4 aliphatic carbocycles. The van der Waals surface area contributed by atoms with Crippen molar-refractivity contribution in [3.63, 3.8) is 0 Å². The Kier molecular flexibility index (Phi) is 5.39. The van der Waals surface area contributed by atoms with Gasteiger partial charge in [-0.2, -0.15) is 0 Å². The quantitative estimate of drug-likeness (QED) is 0.496. The van der Waals surface area contributed by atoms with Crippen LogP contribution in [0.4, 0.5) is 0 Å². The average Bonchev–Trinajstić information content (AvgIpc) is 2.97. The highest BCUT2D eigenvalue weighted by Gasteiger charge is 2.61. The maximum Gasteiger partial charge on any atom is 0.308 e. The van der Waals surface area contributed by atoms with E-state index in [0.29, 0.717) is 18.1 Å². The highest BCUT2D eigenvalue weighted by molar-refractivity contribution is 5.87. The van der Waals surface area contributed by atoms with Crippen LogP contribution in [0.5, 0.6) is 0 Å². The fourth-order valence-corrected chi connectivity index (χ4v) is 7.08. The van der Waals surface area contributed by atoms with Crippen molar-refractivity contribution in [2.24, 2.45) is 34.5 Å². The molecule has 4 rings (SSSR count). The Hall–Kier alpha value is -1.65. The first kappa shape index (κ1) is 21.6. The second-order valence-electron chi connectivity index (χ2n) is 10.8. The molecule has 7 atom stereocenters. The van der Waals surface area contributed by atoms with Gasteiger partial charge in [0, 0.05) is 31.1 Å². The molecule has 0 N–H and O–H groups in total. The summed E-state index contributed by atoms with van der Waals surface area (Å²) in [5.74, 6) is 0.645. The van der Waals surface area contributed by atoms with Crippen molar-refractivity contribution in [3.8, 4) is 0 Å². The van der Waals surface area contributed by atoms with Crippen molar-refractivity contribution < 1.29 is 23.9 Å². The van der Waals surface area contributed by atoms with Crippen LogP contribution in [0, 0.1) is 34.5 Å². The van der Waals surface area contributed by atoms with Crippen LogP contribution in [-0.4, -0.2) is 29.9 Å². The number of esters is 2. The summed E-state index contributed by atoms with van der Waals surface area (Å²) in [6, 6.07) is 0. The van der Waals surface area contributed by atoms with Gasteiger partial charge in [0.05, 0.1) is 5.92 Å². The molecule has 0 aromatic carbocycles. The summed E-state index contributed by atoms with van der Waals surface area (Å²) in [6.07, 6.45) is 7.82. The number of Topliss-reactive ketones (excluding diaryl/α,β-unsaturated/α-hetero) is 1. The Morgan fingerprint density at radius 1 is 1.03 bits per heavy atom. The van der Waals surface area contributed by atoms with E-state index in [4.69, 9.17) is 9.47 Å². The minimum atomic E-state index is -0.292. The van der Waals surface area contributed by atoms with Gasteiger partial charge in [-0.25, -0.2) is 0 Å². The predicted molar refractivity (Wildman–Crippen MR) is 112 cm³/mol. The number of ketones is 1. The zero-order chi connectivity index (χ0) is 21.8. The molecule has 30 heavy (non-hydrogen) atoms. The third kappa shape index (κ3) is 3.33. The number of carbonyl (C=O) groups excluding carboxylic acids is 3. The number of hydrogen-bond donors (Lipinski definition) is 0. The summed E-state index contributed by atoms with van der Waals surface area (Å²) in [4.78, 5) is 36.9. The fourth-order valence-electron chi connectivity index (χ4n) is 7.08. The van der Waals surface area contributed by atoms with E-state index < -0.39 is 0 Å². The van der Waals surface area contributed by atoms with Crippen molar-refractivity contribution in [3.05, 3.63) is 11.6 Å². The maximum atomic E-state index is 12.8. The van der Waals surface area contributed by atoms with Crippen LogP contribution in [0.25, 0.3) is 0 Å². The van der Waals surface area contributed by atoms with Gasteiger partial charge < -0.3 is 9.47 Å². The molecular formula is C25H36O5. The number of carbonyl (C=O) groups is 3. The van der Waals surface area contributed by atoms with E-state index in [-0.39, 0.29) is 52.7 Å². The topological polar surface area (TPSA) is 69.7 Å². The Morgan fingerprint density at radius 3 is 2.37 bits per heavy atom. The minimum absolute atomic E-state index is 0.0228. The molecule has 0 bridgehead atoms. The molecule has 0 aromatic heterocycles. The van der Waals surface area contributed by atoms with E-state index in [1.165, 1.54) is 12.5 Å². The summed E-state index contributed by atoms with van der Waals surface area (Å²) < 4.78 is 11.6. The van der Waals surface area contributed by atoms with Crippen LogP contribution in [0.1, 0.15) is 79.6 Å². The Bertz CT molecular complexity index is 782. The molecule has 0 aromatic rings. The van der Waals surface area contributed by atoms with E-state index in [2.05, 4.69) is 19.9 Å². The molecule has 0 aliphatic heterocycles. The lowest BCUT2D eigenvalue weighted by atomic mass is 9.47. The standard InChI is InChI=1S/C25H36O5/c1-14(2)23(28)30-20-13-16-12-17(29-15(3)26)8-10-24(16,4)19-9-11-25(5)18(22(19)20)6-7-21(25)27/h13-14,17-20,22H,6-12H2,1-5H3/t17-,18?,19?,20+,22?,24-,25-/m0/s1. The van der Waals surface area contributed by atoms with Gasteiger partial charge in [0.15, 0.2) is 0 Å². The highest BCUT2D eigenvalue weighted by Crippen LogP contribution is 2.64. The fraction of sp³-hybridized carbons (Fsp3) is 0.800. The van der Waals surface area contributed by atoms with Gasteiger partial charge in [-0.05, 0) is 55.4 Å². The Balaban J connectivity index is 1.72. The van der Waals surface area contributed by atoms with Gasteiger partial charge in [0.25, 0.3) is 0 Å². The zero-order valence-corrected chi connectivity index (χ0v) is 19.0. The van der Waals surface area contributed by atoms with Crippen molar-refractivity contribution in [2.75, 3.05) is 0 Å². The van der Waals surface area contributed by atoms with Gasteiger partial charge in [0.2, 0.25) is 0 Å². The number of rotatable bonds is 3. The van der Waals surface area contributed by atoms with Crippen LogP contribution in [0.15, 0.2) is 11.6 Å². The molecule has 3 unspecified atom stereocenters. The molecule has 5 heteroatoms. The van der Waals surface area contributed by atoms with E-state index in [1.54, 1.807) is 0 Å². The summed E-state index contributed by atoms with van der Waals surface area (Å²) in [5.41, 5.74) is 1.02. The molecule has 0 amide bonds.